The van der Waals surface area contributed by atoms with E-state index in [2.05, 4.69) is 20.8 Å². The summed E-state index contributed by atoms with van der Waals surface area (Å²) in [7, 11) is 0. The Kier molecular flexibility index (Phi) is 20.3. The van der Waals surface area contributed by atoms with Crippen LogP contribution >= 0.6 is 0 Å². The molecule has 0 aromatic carbocycles. The third kappa shape index (κ3) is 10.0. The van der Waals surface area contributed by atoms with E-state index in [1.54, 1.807) is 0 Å². The zero-order valence-electron chi connectivity index (χ0n) is 7.82. The molecule has 0 rings (SSSR count). The molecular formula is C12H30. The minimum absolute atomic E-state index is 0. The predicted octanol–water partition coefficient (Wildman–Crippen LogP) is 5.28. The molecule has 0 aromatic heterocycles. The van der Waals surface area contributed by atoms with Gasteiger partial charge >= 0.3 is 0 Å². The van der Waals surface area contributed by atoms with Gasteiger partial charge in [-0.3, -0.25) is 0 Å². The van der Waals surface area contributed by atoms with Gasteiger partial charge in [-0.05, 0) is 5.92 Å². The molecule has 0 spiro atoms. The first-order chi connectivity index (χ1) is 4.85. The lowest BCUT2D eigenvalue weighted by Gasteiger charge is -2.12. The molecule has 0 amide bonds. The highest BCUT2D eigenvalue weighted by Gasteiger charge is 2.03. The Balaban J connectivity index is -0.000000405. The van der Waals surface area contributed by atoms with Crippen molar-refractivity contribution in [1.82, 2.24) is 0 Å². The molecule has 0 aliphatic rings. The Morgan fingerprint density at radius 1 is 0.667 bits per heavy atom. The highest BCUT2D eigenvalue weighted by atomic mass is 14.1. The third-order valence-electron chi connectivity index (χ3n) is 2.09. The maximum absolute atomic E-state index is 2.29. The van der Waals surface area contributed by atoms with E-state index in [-0.39, 0.29) is 14.9 Å². The SMILES string of the molecule is C.C.CCCC(CCC)CCC. The van der Waals surface area contributed by atoms with Crippen LogP contribution in [-0.4, -0.2) is 0 Å². The van der Waals surface area contributed by atoms with Crippen LogP contribution in [0.5, 0.6) is 0 Å². The van der Waals surface area contributed by atoms with Crippen LogP contribution < -0.4 is 0 Å². The fraction of sp³-hybridized carbons (Fsp3) is 1.00. The maximum Gasteiger partial charge on any atom is -0.0415 e. The van der Waals surface area contributed by atoms with Crippen LogP contribution in [-0.2, 0) is 0 Å². The average Bonchev–Trinajstić information content (AvgIpc) is 1.90. The van der Waals surface area contributed by atoms with Crippen molar-refractivity contribution in [2.45, 2.75) is 74.1 Å². The van der Waals surface area contributed by atoms with Gasteiger partial charge in [0.1, 0.15) is 0 Å². The number of rotatable bonds is 6. The van der Waals surface area contributed by atoms with Gasteiger partial charge in [0.15, 0.2) is 0 Å². The molecule has 0 saturated carbocycles. The van der Waals surface area contributed by atoms with Crippen molar-refractivity contribution in [3.8, 4) is 0 Å². The monoisotopic (exact) mass is 174 g/mol. The quantitative estimate of drug-likeness (QED) is 0.514. The molecule has 0 nitrogen and oxygen atoms in total. The molecule has 0 saturated heterocycles. The first-order valence-corrected chi connectivity index (χ1v) is 4.85. The first-order valence-electron chi connectivity index (χ1n) is 4.85. The second-order valence-electron chi connectivity index (χ2n) is 3.23. The summed E-state index contributed by atoms with van der Waals surface area (Å²) in [6.45, 7) is 6.87. The summed E-state index contributed by atoms with van der Waals surface area (Å²) in [5.41, 5.74) is 0. The molecule has 0 unspecified atom stereocenters. The second kappa shape index (κ2) is 13.6. The van der Waals surface area contributed by atoms with E-state index < -0.39 is 0 Å². The van der Waals surface area contributed by atoms with Crippen LogP contribution in [0, 0.1) is 5.92 Å². The largest absolute Gasteiger partial charge is 0.0776 e. The minimum Gasteiger partial charge on any atom is -0.0776 e. The minimum atomic E-state index is 0. The highest BCUT2D eigenvalue weighted by molar-refractivity contribution is 4.56. The molecule has 0 heteroatoms. The summed E-state index contributed by atoms with van der Waals surface area (Å²) in [5.74, 6) is 1.03. The predicted molar refractivity (Wildman–Crippen MR) is 61.7 cm³/mol. The van der Waals surface area contributed by atoms with Gasteiger partial charge in [-0.1, -0.05) is 74.1 Å². The highest BCUT2D eigenvalue weighted by Crippen LogP contribution is 2.18. The van der Waals surface area contributed by atoms with E-state index in [0.717, 1.165) is 5.92 Å². The molecule has 0 heterocycles. The van der Waals surface area contributed by atoms with E-state index in [1.807, 2.05) is 0 Å². The Labute approximate surface area is 80.8 Å². The molecule has 78 valence electrons. The van der Waals surface area contributed by atoms with E-state index in [4.69, 9.17) is 0 Å². The molecule has 0 radical (unpaired) electrons. The van der Waals surface area contributed by atoms with E-state index in [1.165, 1.54) is 38.5 Å². The lowest BCUT2D eigenvalue weighted by atomic mass is 9.94. The van der Waals surface area contributed by atoms with Gasteiger partial charge in [-0.25, -0.2) is 0 Å². The van der Waals surface area contributed by atoms with Gasteiger partial charge < -0.3 is 0 Å². The van der Waals surface area contributed by atoms with Crippen molar-refractivity contribution < 1.29 is 0 Å². The van der Waals surface area contributed by atoms with E-state index in [0.29, 0.717) is 0 Å². The van der Waals surface area contributed by atoms with Crippen molar-refractivity contribution in [3.05, 3.63) is 0 Å². The Morgan fingerprint density at radius 2 is 0.917 bits per heavy atom. The number of hydrogen-bond donors (Lipinski definition) is 0. The summed E-state index contributed by atoms with van der Waals surface area (Å²) < 4.78 is 0. The maximum atomic E-state index is 2.29. The first kappa shape index (κ1) is 17.9. The topological polar surface area (TPSA) is 0 Å². The summed E-state index contributed by atoms with van der Waals surface area (Å²) >= 11 is 0. The van der Waals surface area contributed by atoms with E-state index in [9.17, 15) is 0 Å². The zero-order chi connectivity index (χ0) is 7.82. The second-order valence-corrected chi connectivity index (χ2v) is 3.23. The van der Waals surface area contributed by atoms with Gasteiger partial charge in [-0.2, -0.15) is 0 Å². The van der Waals surface area contributed by atoms with Gasteiger partial charge in [0, 0.05) is 0 Å². The zero-order valence-corrected chi connectivity index (χ0v) is 7.82. The molecule has 0 aliphatic heterocycles. The van der Waals surface area contributed by atoms with E-state index >= 15 is 0 Å². The summed E-state index contributed by atoms with van der Waals surface area (Å²) in [4.78, 5) is 0. The summed E-state index contributed by atoms with van der Waals surface area (Å²) in [6.07, 6.45) is 8.44. The van der Waals surface area contributed by atoms with Gasteiger partial charge in [-0.15, -0.1) is 0 Å². The van der Waals surface area contributed by atoms with Crippen LogP contribution in [0.25, 0.3) is 0 Å². The van der Waals surface area contributed by atoms with Crippen LogP contribution in [0.3, 0.4) is 0 Å². The fourth-order valence-corrected chi connectivity index (χ4v) is 1.66. The molecule has 0 atom stereocenters. The number of hydrogen-bond acceptors (Lipinski definition) is 0. The normalized spacial score (nSPS) is 9.00. The third-order valence-corrected chi connectivity index (χ3v) is 2.09. The Bertz CT molecular complexity index is 42.8. The van der Waals surface area contributed by atoms with Crippen molar-refractivity contribution in [2.75, 3.05) is 0 Å². The molecule has 12 heavy (non-hydrogen) atoms. The van der Waals surface area contributed by atoms with Crippen LogP contribution in [0.2, 0.25) is 0 Å². The Hall–Kier alpha value is 0. The molecule has 0 N–H and O–H groups in total. The molecular weight excluding hydrogens is 144 g/mol. The van der Waals surface area contributed by atoms with Gasteiger partial charge in [0.25, 0.3) is 0 Å². The smallest absolute Gasteiger partial charge is 0.0415 e. The standard InChI is InChI=1S/C10H22.2CH4/c1-4-7-10(8-5-2)9-6-3;;/h10H,4-9H2,1-3H3;2*1H4. The lowest BCUT2D eigenvalue weighted by molar-refractivity contribution is 0.407. The molecule has 0 bridgehead atoms. The molecule has 0 fully saturated rings. The molecule has 0 aliphatic carbocycles. The summed E-state index contributed by atoms with van der Waals surface area (Å²) in [6, 6.07) is 0. The van der Waals surface area contributed by atoms with Gasteiger partial charge in [0.2, 0.25) is 0 Å². The van der Waals surface area contributed by atoms with Gasteiger partial charge in [0.05, 0.1) is 0 Å². The average molecular weight is 174 g/mol. The van der Waals surface area contributed by atoms with Crippen molar-refractivity contribution in [3.63, 3.8) is 0 Å². The van der Waals surface area contributed by atoms with Crippen molar-refractivity contribution in [2.24, 2.45) is 5.92 Å². The molecule has 0 aromatic rings. The summed E-state index contributed by atoms with van der Waals surface area (Å²) in [5, 5.41) is 0. The Morgan fingerprint density at radius 3 is 1.08 bits per heavy atom. The van der Waals surface area contributed by atoms with Crippen LogP contribution in [0.1, 0.15) is 74.1 Å². The fourth-order valence-electron chi connectivity index (χ4n) is 1.66. The van der Waals surface area contributed by atoms with Crippen LogP contribution in [0.4, 0.5) is 0 Å². The van der Waals surface area contributed by atoms with Crippen LogP contribution in [0.15, 0.2) is 0 Å². The van der Waals surface area contributed by atoms with Crippen molar-refractivity contribution >= 4 is 0 Å². The lowest BCUT2D eigenvalue weighted by Crippen LogP contribution is -1.98. The van der Waals surface area contributed by atoms with Crippen molar-refractivity contribution in [1.29, 1.82) is 0 Å².